The molecule has 0 aromatic heterocycles. The van der Waals surface area contributed by atoms with Crippen LogP contribution in [0.4, 0.5) is 0 Å². The van der Waals surface area contributed by atoms with Crippen LogP contribution in [0.2, 0.25) is 0 Å². The van der Waals surface area contributed by atoms with Crippen molar-refractivity contribution >= 4 is 67.5 Å². The number of carbonyl (C=O) groups is 7. The van der Waals surface area contributed by atoms with Gasteiger partial charge >= 0.3 is 11.9 Å². The Morgan fingerprint density at radius 2 is 0.891 bits per heavy atom. The summed E-state index contributed by atoms with van der Waals surface area (Å²) >= 11 is 3.03. The highest BCUT2D eigenvalue weighted by molar-refractivity contribution is 9.09. The van der Waals surface area contributed by atoms with E-state index in [0.29, 0.717) is 32.2 Å². The summed E-state index contributed by atoms with van der Waals surface area (Å²) in [5.74, 6) is -4.39. The van der Waals surface area contributed by atoms with Gasteiger partial charge in [0.25, 0.3) is 10.1 Å². The molecule has 0 aliphatic heterocycles. The highest BCUT2D eigenvalue weighted by Crippen LogP contribution is 2.13. The van der Waals surface area contributed by atoms with Crippen LogP contribution in [0, 0.1) is 0 Å². The molecule has 0 saturated carbocycles. The number of unbranched alkanes of at least 4 members (excludes halogenated alkanes) is 13. The van der Waals surface area contributed by atoms with Crippen molar-refractivity contribution < 1.29 is 75.7 Å². The number of hydrogen-bond donors (Lipinski definition) is 8. The molecule has 0 spiro atoms. The number of nitrogens with one attached hydrogen (secondary N) is 5. The van der Waals surface area contributed by atoms with E-state index in [0.717, 1.165) is 70.6 Å². The Morgan fingerprint density at radius 3 is 1.41 bits per heavy atom. The van der Waals surface area contributed by atoms with Gasteiger partial charge in [0, 0.05) is 32.5 Å². The van der Waals surface area contributed by atoms with Crippen LogP contribution in [0.3, 0.4) is 0 Å². The third-order valence-corrected chi connectivity index (χ3v) is 10.8. The van der Waals surface area contributed by atoms with Crippen molar-refractivity contribution in [3.05, 3.63) is 0 Å². The standard InChI is InChI=1S/C41H74BrN5O16S/c42-30-37(50)43-20-14-13-16-33(40(53)54)47-39(52)32-63-28-26-61-24-22-45-38(51)31-62-27-25-60-23-21-44-35(48)19-18-34(41(55)56)46-36(49)17-12-10-8-6-4-2-1-3-5-7-9-11-15-29-64(57,58)59/h33-34H,1-32H2,(H,43,50)(H,44,48)(H,45,51)(H,46,49)(H,47,52)(H,53,54)(H,55,56)(H,57,58,59)/t33-,34-/m0/s1. The molecule has 0 fully saturated rings. The molecule has 0 aromatic carbocycles. The minimum Gasteiger partial charge on any atom is -0.480 e. The van der Waals surface area contributed by atoms with Crippen LogP contribution >= 0.6 is 15.9 Å². The molecular weight excluding hydrogens is 930 g/mol. The van der Waals surface area contributed by atoms with Crippen LogP contribution in [0.15, 0.2) is 0 Å². The van der Waals surface area contributed by atoms with Gasteiger partial charge in [-0.05, 0) is 38.5 Å². The van der Waals surface area contributed by atoms with Gasteiger partial charge in [-0.2, -0.15) is 8.42 Å². The van der Waals surface area contributed by atoms with Gasteiger partial charge in [-0.1, -0.05) is 86.6 Å². The van der Waals surface area contributed by atoms with Gasteiger partial charge in [0.2, 0.25) is 29.5 Å². The zero-order valence-electron chi connectivity index (χ0n) is 37.2. The lowest BCUT2D eigenvalue weighted by atomic mass is 10.0. The molecule has 23 heteroatoms. The van der Waals surface area contributed by atoms with Crippen molar-refractivity contribution in [3.8, 4) is 0 Å². The van der Waals surface area contributed by atoms with Crippen molar-refractivity contribution in [2.75, 3.05) is 83.6 Å². The molecule has 0 aliphatic carbocycles. The Bertz CT molecular complexity index is 1430. The summed E-state index contributed by atoms with van der Waals surface area (Å²) in [6, 6.07) is -2.24. The molecule has 8 N–H and O–H groups in total. The summed E-state index contributed by atoms with van der Waals surface area (Å²) in [4.78, 5) is 82.7. The van der Waals surface area contributed by atoms with Crippen molar-refractivity contribution in [1.82, 2.24) is 26.6 Å². The largest absolute Gasteiger partial charge is 0.480 e. The molecule has 21 nitrogen and oxygen atoms in total. The topological polar surface area (TPSA) is 311 Å². The number of halogens is 1. The third-order valence-electron chi connectivity index (χ3n) is 9.44. The Hall–Kier alpha value is -3.48. The number of rotatable bonds is 45. The Morgan fingerprint density at radius 1 is 0.453 bits per heavy atom. The summed E-state index contributed by atoms with van der Waals surface area (Å²) in [6.07, 6.45) is 13.9. The summed E-state index contributed by atoms with van der Waals surface area (Å²) < 4.78 is 51.3. The SMILES string of the molecule is O=C(CBr)NCCCC[C@H](NC(=O)COCCOCCNC(=O)COCCOCCNC(=O)CC[C@H](NC(=O)CCCCCCCCCCCCCCCS(=O)(=O)O)C(=O)O)C(=O)O. The van der Waals surface area contributed by atoms with E-state index >= 15 is 0 Å². The van der Waals surface area contributed by atoms with Crippen molar-refractivity contribution in [3.63, 3.8) is 0 Å². The fraction of sp³-hybridized carbons (Fsp3) is 0.829. The van der Waals surface area contributed by atoms with E-state index in [1.807, 2.05) is 0 Å². The van der Waals surface area contributed by atoms with Crippen LogP contribution in [0.5, 0.6) is 0 Å². The molecule has 372 valence electrons. The maximum Gasteiger partial charge on any atom is 0.326 e. The number of ether oxygens (including phenoxy) is 4. The van der Waals surface area contributed by atoms with Gasteiger partial charge in [0.1, 0.15) is 25.3 Å². The van der Waals surface area contributed by atoms with Crippen molar-refractivity contribution in [2.24, 2.45) is 0 Å². The smallest absolute Gasteiger partial charge is 0.326 e. The minimum atomic E-state index is -3.85. The predicted octanol–water partition coefficient (Wildman–Crippen LogP) is 2.23. The number of amides is 5. The second kappa shape index (κ2) is 41.0. The lowest BCUT2D eigenvalue weighted by molar-refractivity contribution is -0.143. The number of alkyl halides is 1. The fourth-order valence-electron chi connectivity index (χ4n) is 5.99. The Kier molecular flexibility index (Phi) is 38.8. The van der Waals surface area contributed by atoms with Gasteiger partial charge in [-0.15, -0.1) is 0 Å². The number of carbonyl (C=O) groups excluding carboxylic acids is 5. The summed E-state index contributed by atoms with van der Waals surface area (Å²) in [5.41, 5.74) is 0. The fourth-order valence-corrected chi connectivity index (χ4v) is 6.76. The summed E-state index contributed by atoms with van der Waals surface area (Å²) in [6.45, 7) is 1.11. The van der Waals surface area contributed by atoms with Crippen LogP contribution < -0.4 is 26.6 Å². The van der Waals surface area contributed by atoms with E-state index in [1.165, 1.54) is 0 Å². The molecule has 0 aromatic rings. The highest BCUT2D eigenvalue weighted by Gasteiger charge is 2.21. The average Bonchev–Trinajstić information content (AvgIpc) is 3.24. The number of aliphatic carboxylic acids is 2. The van der Waals surface area contributed by atoms with E-state index < -0.39 is 40.0 Å². The number of hydrogen-bond acceptors (Lipinski definition) is 13. The monoisotopic (exact) mass is 1000 g/mol. The van der Waals surface area contributed by atoms with Crippen LogP contribution in [0.25, 0.3) is 0 Å². The third kappa shape index (κ3) is 41.2. The first-order valence-corrected chi connectivity index (χ1v) is 25.0. The summed E-state index contributed by atoms with van der Waals surface area (Å²) in [5, 5.41) is 31.8. The van der Waals surface area contributed by atoms with Gasteiger partial charge in [-0.3, -0.25) is 28.5 Å². The molecule has 0 bridgehead atoms. The first kappa shape index (κ1) is 60.5. The van der Waals surface area contributed by atoms with E-state index in [-0.39, 0.29) is 126 Å². The molecule has 0 unspecified atom stereocenters. The molecule has 0 radical (unpaired) electrons. The zero-order chi connectivity index (χ0) is 47.7. The van der Waals surface area contributed by atoms with Crippen LogP contribution in [-0.2, 0) is 62.6 Å². The lowest BCUT2D eigenvalue weighted by Crippen LogP contribution is -2.42. The first-order valence-electron chi connectivity index (χ1n) is 22.3. The van der Waals surface area contributed by atoms with Gasteiger partial charge in [0.15, 0.2) is 0 Å². The van der Waals surface area contributed by atoms with E-state index in [9.17, 15) is 52.2 Å². The van der Waals surface area contributed by atoms with Gasteiger partial charge in [0.05, 0.1) is 50.7 Å². The highest BCUT2D eigenvalue weighted by atomic mass is 79.9. The molecule has 0 rings (SSSR count). The minimum absolute atomic E-state index is 0.0543. The first-order chi connectivity index (χ1) is 30.6. The molecule has 2 atom stereocenters. The quantitative estimate of drug-likeness (QED) is 0.0246. The second-order valence-electron chi connectivity index (χ2n) is 15.1. The summed E-state index contributed by atoms with van der Waals surface area (Å²) in [7, 11) is -3.85. The number of carboxylic acids is 2. The predicted molar refractivity (Wildman–Crippen MR) is 239 cm³/mol. The Labute approximate surface area is 386 Å². The zero-order valence-corrected chi connectivity index (χ0v) is 39.6. The van der Waals surface area contributed by atoms with Crippen molar-refractivity contribution in [2.45, 2.75) is 134 Å². The maximum absolute atomic E-state index is 12.3. The number of carboxylic acid groups (broad SMARTS) is 2. The van der Waals surface area contributed by atoms with Crippen LogP contribution in [-0.4, -0.2) is 160 Å². The molecule has 0 saturated heterocycles. The molecule has 0 heterocycles. The molecule has 0 aliphatic rings. The second-order valence-corrected chi connectivity index (χ2v) is 17.2. The Balaban J connectivity index is 3.75. The normalized spacial score (nSPS) is 12.2. The van der Waals surface area contributed by atoms with Gasteiger partial charge < -0.3 is 55.7 Å². The van der Waals surface area contributed by atoms with E-state index in [2.05, 4.69) is 42.5 Å². The molecule has 64 heavy (non-hydrogen) atoms. The molecule has 5 amide bonds. The van der Waals surface area contributed by atoms with E-state index in [1.54, 1.807) is 0 Å². The van der Waals surface area contributed by atoms with E-state index in [4.69, 9.17) is 23.5 Å². The maximum atomic E-state index is 12.3. The van der Waals surface area contributed by atoms with Gasteiger partial charge in [-0.25, -0.2) is 9.59 Å². The average molecular weight is 1010 g/mol. The molecular formula is C41H74BrN5O16S. The lowest BCUT2D eigenvalue weighted by Gasteiger charge is -2.14. The van der Waals surface area contributed by atoms with Crippen LogP contribution in [0.1, 0.15) is 122 Å². The van der Waals surface area contributed by atoms with Crippen molar-refractivity contribution in [1.29, 1.82) is 0 Å².